The number of aryl methyl sites for hydroxylation is 1. The third kappa shape index (κ3) is 6.08. The topological polar surface area (TPSA) is 90.8 Å². The monoisotopic (exact) mass is 504 g/mol. The maximum absolute atomic E-state index is 13.5. The van der Waals surface area contributed by atoms with E-state index in [9.17, 15) is 18.0 Å². The lowest BCUT2D eigenvalue weighted by Gasteiger charge is -2.13. The van der Waals surface area contributed by atoms with Crippen molar-refractivity contribution in [3.8, 4) is 17.5 Å². The van der Waals surface area contributed by atoms with Gasteiger partial charge in [0.1, 0.15) is 5.69 Å². The first-order valence-electron chi connectivity index (χ1n) is 11.3. The van der Waals surface area contributed by atoms with Gasteiger partial charge in [-0.25, -0.2) is 14.6 Å². The Kier molecular flexibility index (Phi) is 7.15. The largest absolute Gasteiger partial charge is 0.416 e. The summed E-state index contributed by atoms with van der Waals surface area (Å²) in [4.78, 5) is 21.2. The molecule has 0 aliphatic carbocycles. The van der Waals surface area contributed by atoms with E-state index in [4.69, 9.17) is 5.84 Å². The summed E-state index contributed by atoms with van der Waals surface area (Å²) in [6, 6.07) is 9.79. The highest BCUT2D eigenvalue weighted by Gasteiger charge is 2.31. The molecular weight excluding hydrogens is 481 g/mol. The van der Waals surface area contributed by atoms with Crippen LogP contribution < -0.4 is 11.2 Å². The lowest BCUT2D eigenvalue weighted by atomic mass is 10.1. The van der Waals surface area contributed by atoms with Crippen LogP contribution in [0.15, 0.2) is 67.3 Å². The average Bonchev–Trinajstić information content (AvgIpc) is 3.46. The maximum Gasteiger partial charge on any atom is 0.416 e. The highest BCUT2D eigenvalue weighted by atomic mass is 19.4. The number of rotatable bonds is 5. The molecule has 0 spiro atoms. The zero-order chi connectivity index (χ0) is 26.6. The Bertz CT molecular complexity index is 1540. The number of nitrogen functional groups attached to an aromatic ring is 1. The van der Waals surface area contributed by atoms with E-state index >= 15 is 0 Å². The van der Waals surface area contributed by atoms with Crippen LogP contribution >= 0.6 is 0 Å². The van der Waals surface area contributed by atoms with Gasteiger partial charge in [-0.05, 0) is 61.7 Å². The molecule has 0 aliphatic heterocycles. The van der Waals surface area contributed by atoms with Crippen molar-refractivity contribution >= 4 is 17.7 Å². The molecule has 2 aromatic carbocycles. The standard InChI is InChI=1S/C27H23F3N6O/c1-3-4-8-25-32-15-23(36(25)31)10-9-19-6-5-7-20(11-19)26(37)34-22-12-21(27(28,29)30)13-24(14-22)35-16-18(2)33-17-35/h4-8,11-17H,3,31H2,1-2H3,(H,34,37)/b8-4-. The van der Waals surface area contributed by atoms with Gasteiger partial charge in [0, 0.05) is 28.7 Å². The van der Waals surface area contributed by atoms with E-state index in [0.29, 0.717) is 22.8 Å². The van der Waals surface area contributed by atoms with Gasteiger partial charge in [0.05, 0.1) is 23.8 Å². The number of benzene rings is 2. The fourth-order valence-electron chi connectivity index (χ4n) is 3.45. The van der Waals surface area contributed by atoms with Crippen molar-refractivity contribution in [1.29, 1.82) is 0 Å². The molecule has 2 heterocycles. The van der Waals surface area contributed by atoms with Crippen LogP contribution in [0.2, 0.25) is 0 Å². The number of nitrogens with zero attached hydrogens (tertiary/aromatic N) is 4. The van der Waals surface area contributed by atoms with Gasteiger partial charge in [0.2, 0.25) is 0 Å². The maximum atomic E-state index is 13.5. The Labute approximate surface area is 211 Å². The van der Waals surface area contributed by atoms with Crippen molar-refractivity contribution in [3.05, 3.63) is 101 Å². The fraction of sp³-hybridized carbons (Fsp3) is 0.148. The predicted molar refractivity (Wildman–Crippen MR) is 135 cm³/mol. The van der Waals surface area contributed by atoms with Gasteiger partial charge in [-0.3, -0.25) is 4.79 Å². The number of aromatic nitrogens is 4. The normalized spacial score (nSPS) is 11.4. The van der Waals surface area contributed by atoms with Crippen molar-refractivity contribution in [1.82, 2.24) is 19.2 Å². The van der Waals surface area contributed by atoms with Gasteiger partial charge >= 0.3 is 6.18 Å². The smallest absolute Gasteiger partial charge is 0.337 e. The third-order valence-corrected chi connectivity index (χ3v) is 5.30. The summed E-state index contributed by atoms with van der Waals surface area (Å²) in [5.74, 6) is 11.9. The molecule has 0 saturated carbocycles. The average molecular weight is 505 g/mol. The summed E-state index contributed by atoms with van der Waals surface area (Å²) in [6.07, 6.45) is 4.52. The molecule has 0 bridgehead atoms. The molecule has 2 aromatic heterocycles. The number of hydrogen-bond acceptors (Lipinski definition) is 4. The Balaban J connectivity index is 1.58. The summed E-state index contributed by atoms with van der Waals surface area (Å²) < 4.78 is 43.4. The quantitative estimate of drug-likeness (QED) is 0.289. The number of hydrogen-bond donors (Lipinski definition) is 2. The second-order valence-corrected chi connectivity index (χ2v) is 8.16. The first-order chi connectivity index (χ1) is 17.6. The lowest BCUT2D eigenvalue weighted by molar-refractivity contribution is -0.137. The minimum Gasteiger partial charge on any atom is -0.337 e. The molecule has 188 valence electrons. The number of anilines is 1. The van der Waals surface area contributed by atoms with Gasteiger partial charge in [-0.1, -0.05) is 25.0 Å². The molecule has 4 aromatic rings. The minimum absolute atomic E-state index is 0.00244. The molecule has 7 nitrogen and oxygen atoms in total. The van der Waals surface area contributed by atoms with E-state index in [-0.39, 0.29) is 16.9 Å². The van der Waals surface area contributed by atoms with E-state index in [2.05, 4.69) is 27.1 Å². The number of imidazole rings is 2. The van der Waals surface area contributed by atoms with Crippen molar-refractivity contribution in [2.24, 2.45) is 0 Å². The fourth-order valence-corrected chi connectivity index (χ4v) is 3.45. The summed E-state index contributed by atoms with van der Waals surface area (Å²) in [6.45, 7) is 3.73. The molecule has 1 amide bonds. The van der Waals surface area contributed by atoms with Crippen molar-refractivity contribution < 1.29 is 18.0 Å². The van der Waals surface area contributed by atoms with Crippen LogP contribution in [0.25, 0.3) is 11.8 Å². The van der Waals surface area contributed by atoms with Crippen molar-refractivity contribution in [2.45, 2.75) is 26.4 Å². The van der Waals surface area contributed by atoms with Crippen LogP contribution in [0.1, 0.15) is 52.0 Å². The minimum atomic E-state index is -4.59. The Morgan fingerprint density at radius 3 is 2.68 bits per heavy atom. The molecule has 0 unspecified atom stereocenters. The Hall–Kier alpha value is -4.78. The van der Waals surface area contributed by atoms with Gasteiger partial charge in [0.25, 0.3) is 5.91 Å². The number of alkyl halides is 3. The first-order valence-corrected chi connectivity index (χ1v) is 11.3. The Morgan fingerprint density at radius 1 is 1.16 bits per heavy atom. The number of carbonyl (C=O) groups excluding carboxylic acids is 1. The molecule has 0 fully saturated rings. The van der Waals surface area contributed by atoms with Gasteiger partial charge in [0.15, 0.2) is 5.82 Å². The summed E-state index contributed by atoms with van der Waals surface area (Å²) in [5.41, 5.74) is 1.21. The zero-order valence-electron chi connectivity index (χ0n) is 20.0. The molecule has 0 aliphatic rings. The van der Waals surface area contributed by atoms with Crippen LogP contribution in [0.5, 0.6) is 0 Å². The highest BCUT2D eigenvalue weighted by Crippen LogP contribution is 2.33. The number of halogens is 3. The first kappa shape index (κ1) is 25.3. The van der Waals surface area contributed by atoms with E-state index < -0.39 is 17.6 Å². The summed E-state index contributed by atoms with van der Waals surface area (Å²) in [5, 5.41) is 2.56. The Morgan fingerprint density at radius 2 is 1.97 bits per heavy atom. The number of nitrogens with one attached hydrogen (secondary N) is 1. The lowest BCUT2D eigenvalue weighted by Crippen LogP contribution is -2.14. The number of carbonyl (C=O) groups is 1. The number of amides is 1. The molecular formula is C27H23F3N6O. The van der Waals surface area contributed by atoms with E-state index in [1.807, 2.05) is 13.0 Å². The van der Waals surface area contributed by atoms with E-state index in [1.54, 1.807) is 49.7 Å². The molecule has 37 heavy (non-hydrogen) atoms. The number of allylic oxidation sites excluding steroid dienone is 1. The van der Waals surface area contributed by atoms with Crippen LogP contribution in [0, 0.1) is 18.8 Å². The van der Waals surface area contributed by atoms with E-state index in [1.165, 1.54) is 21.6 Å². The number of nitrogens with two attached hydrogens (primary N) is 1. The van der Waals surface area contributed by atoms with Gasteiger partial charge < -0.3 is 15.7 Å². The van der Waals surface area contributed by atoms with Crippen LogP contribution in [0.3, 0.4) is 0 Å². The van der Waals surface area contributed by atoms with Gasteiger partial charge in [-0.15, -0.1) is 0 Å². The molecule has 10 heteroatoms. The second-order valence-electron chi connectivity index (χ2n) is 8.16. The second kappa shape index (κ2) is 10.5. The molecule has 3 N–H and O–H groups in total. The highest BCUT2D eigenvalue weighted by molar-refractivity contribution is 6.04. The van der Waals surface area contributed by atoms with Crippen molar-refractivity contribution in [2.75, 3.05) is 11.2 Å². The van der Waals surface area contributed by atoms with E-state index in [0.717, 1.165) is 18.6 Å². The van der Waals surface area contributed by atoms with Crippen LogP contribution in [-0.2, 0) is 6.18 Å². The van der Waals surface area contributed by atoms with Crippen LogP contribution in [0.4, 0.5) is 18.9 Å². The van der Waals surface area contributed by atoms with Crippen molar-refractivity contribution in [3.63, 3.8) is 0 Å². The predicted octanol–water partition coefficient (Wildman–Crippen LogP) is 5.19. The molecule has 0 atom stereocenters. The molecule has 0 saturated heterocycles. The summed E-state index contributed by atoms with van der Waals surface area (Å²) in [7, 11) is 0. The molecule has 0 radical (unpaired) electrons. The summed E-state index contributed by atoms with van der Waals surface area (Å²) >= 11 is 0. The third-order valence-electron chi connectivity index (χ3n) is 5.30. The SMILES string of the molecule is CC/C=C\c1ncc(C#Cc2cccc(C(=O)Nc3cc(-n4cnc(C)c4)cc(C(F)(F)F)c3)c2)n1N. The van der Waals surface area contributed by atoms with Crippen LogP contribution in [-0.4, -0.2) is 25.1 Å². The molecule has 4 rings (SSSR count). The zero-order valence-corrected chi connectivity index (χ0v) is 20.0. The van der Waals surface area contributed by atoms with Gasteiger partial charge in [-0.2, -0.15) is 13.2 Å².